The van der Waals surface area contributed by atoms with E-state index in [2.05, 4.69) is 0 Å². The molecule has 3 N–H and O–H groups in total. The van der Waals surface area contributed by atoms with Gasteiger partial charge in [0.1, 0.15) is 0 Å². The molecule has 100 valence electrons. The maximum Gasteiger partial charge on any atom is 0.397 e. The second-order valence-electron chi connectivity index (χ2n) is 4.12. The van der Waals surface area contributed by atoms with Gasteiger partial charge in [0.15, 0.2) is 0 Å². The van der Waals surface area contributed by atoms with Crippen molar-refractivity contribution in [2.45, 2.75) is 19.5 Å². The van der Waals surface area contributed by atoms with Crippen LogP contribution in [0.5, 0.6) is 0 Å². The van der Waals surface area contributed by atoms with Gasteiger partial charge < -0.3 is 5.11 Å². The zero-order valence-electron chi connectivity index (χ0n) is 9.64. The predicted molar refractivity (Wildman–Crippen MR) is 66.1 cm³/mol. The summed E-state index contributed by atoms with van der Waals surface area (Å²) in [7, 11) is 0. The Kier molecular flexibility index (Phi) is 4.39. The molecule has 0 saturated heterocycles. The summed E-state index contributed by atoms with van der Waals surface area (Å²) < 4.78 is 38.1. The Bertz CT molecular complexity index is 428. The van der Waals surface area contributed by atoms with E-state index in [9.17, 15) is 13.2 Å². The molecular formula is C11H13F3N2OS. The van der Waals surface area contributed by atoms with Crippen molar-refractivity contribution in [1.82, 2.24) is 0 Å². The van der Waals surface area contributed by atoms with Crippen LogP contribution in [-0.2, 0) is 0 Å². The molecule has 0 saturated carbocycles. The first-order valence-electron chi connectivity index (χ1n) is 5.11. The summed E-state index contributed by atoms with van der Waals surface area (Å²) in [5.41, 5.74) is -1.55. The van der Waals surface area contributed by atoms with Crippen LogP contribution in [0.25, 0.3) is 0 Å². The smallest absolute Gasteiger partial charge is 0.390 e. The Balaban J connectivity index is 2.75. The van der Waals surface area contributed by atoms with Gasteiger partial charge in [-0.2, -0.15) is 13.2 Å². The largest absolute Gasteiger partial charge is 0.397 e. The first kappa shape index (κ1) is 15.0. The lowest BCUT2D eigenvalue weighted by Gasteiger charge is -2.30. The Labute approximate surface area is 107 Å². The molecule has 0 heterocycles. The summed E-state index contributed by atoms with van der Waals surface area (Å²) in [6.45, 7) is 0.619. The van der Waals surface area contributed by atoms with Crippen molar-refractivity contribution >= 4 is 21.8 Å². The highest BCUT2D eigenvalue weighted by molar-refractivity contribution is 8.26. The van der Waals surface area contributed by atoms with Crippen LogP contribution in [0.2, 0.25) is 0 Å². The van der Waals surface area contributed by atoms with E-state index in [1.165, 1.54) is 12.2 Å². The molecule has 0 aliphatic heterocycles. The summed E-state index contributed by atoms with van der Waals surface area (Å²) in [6, 6.07) is 0. The molecule has 0 spiro atoms. The number of rotatable bonds is 2. The molecule has 0 aromatic rings. The number of thioether (sulfide) groups is 1. The van der Waals surface area contributed by atoms with Crippen molar-refractivity contribution in [2.75, 3.05) is 6.61 Å². The minimum Gasteiger partial charge on any atom is -0.390 e. The number of hydrogen-bond donors (Lipinski definition) is 3. The van der Waals surface area contributed by atoms with Gasteiger partial charge in [-0.3, -0.25) is 10.8 Å². The van der Waals surface area contributed by atoms with E-state index in [0.29, 0.717) is 5.57 Å². The number of halogens is 3. The van der Waals surface area contributed by atoms with Crippen molar-refractivity contribution in [2.24, 2.45) is 5.41 Å². The van der Waals surface area contributed by atoms with Crippen molar-refractivity contribution in [3.05, 3.63) is 23.8 Å². The lowest BCUT2D eigenvalue weighted by molar-refractivity contribution is -0.199. The molecule has 1 aliphatic carbocycles. The second-order valence-corrected chi connectivity index (χ2v) is 5.23. The van der Waals surface area contributed by atoms with Crippen LogP contribution >= 0.6 is 11.8 Å². The van der Waals surface area contributed by atoms with Gasteiger partial charge in [-0.05, 0) is 13.3 Å². The van der Waals surface area contributed by atoms with Gasteiger partial charge in [0.25, 0.3) is 0 Å². The number of hydrogen-bond acceptors (Lipinski definition) is 4. The normalized spacial score (nSPS) is 23.7. The maximum absolute atomic E-state index is 12.7. The topological polar surface area (TPSA) is 67.9 Å². The van der Waals surface area contributed by atoms with Gasteiger partial charge in [-0.15, -0.1) is 0 Å². The van der Waals surface area contributed by atoms with Crippen LogP contribution < -0.4 is 0 Å². The molecule has 0 radical (unpaired) electrons. The molecular weight excluding hydrogens is 265 g/mol. The van der Waals surface area contributed by atoms with Gasteiger partial charge in [0.2, 0.25) is 0 Å². The Morgan fingerprint density at radius 1 is 1.50 bits per heavy atom. The number of nitrogens with one attached hydrogen (secondary N) is 2. The first-order chi connectivity index (χ1) is 8.19. The molecule has 0 aromatic carbocycles. The monoisotopic (exact) mass is 278 g/mol. The van der Waals surface area contributed by atoms with E-state index in [0.717, 1.165) is 24.8 Å². The third-order valence-corrected chi connectivity index (χ3v) is 3.47. The maximum atomic E-state index is 12.7. The molecule has 1 atom stereocenters. The highest BCUT2D eigenvalue weighted by atomic mass is 32.2. The Morgan fingerprint density at radius 2 is 2.11 bits per heavy atom. The van der Waals surface area contributed by atoms with Crippen LogP contribution in [0.3, 0.4) is 0 Å². The molecule has 7 heteroatoms. The van der Waals surface area contributed by atoms with Crippen LogP contribution in [0.15, 0.2) is 23.8 Å². The van der Waals surface area contributed by atoms with Gasteiger partial charge in [0, 0.05) is 5.57 Å². The van der Waals surface area contributed by atoms with Crippen LogP contribution in [0.4, 0.5) is 13.2 Å². The summed E-state index contributed by atoms with van der Waals surface area (Å²) in [4.78, 5) is 0. The predicted octanol–water partition coefficient (Wildman–Crippen LogP) is 3.12. The quantitative estimate of drug-likeness (QED) is 0.536. The fourth-order valence-corrected chi connectivity index (χ4v) is 1.90. The molecule has 1 rings (SSSR count). The van der Waals surface area contributed by atoms with E-state index < -0.39 is 18.2 Å². The van der Waals surface area contributed by atoms with Crippen molar-refractivity contribution in [1.29, 1.82) is 10.8 Å². The molecule has 0 bridgehead atoms. The molecule has 0 amide bonds. The number of aliphatic hydroxyl groups excluding tert-OH is 1. The highest BCUT2D eigenvalue weighted by Gasteiger charge is 2.49. The number of alkyl halides is 3. The van der Waals surface area contributed by atoms with Crippen molar-refractivity contribution in [3.8, 4) is 0 Å². The fourth-order valence-electron chi connectivity index (χ4n) is 1.32. The average molecular weight is 278 g/mol. The molecule has 18 heavy (non-hydrogen) atoms. The van der Waals surface area contributed by atoms with E-state index in [-0.39, 0.29) is 16.5 Å². The van der Waals surface area contributed by atoms with Crippen LogP contribution in [0, 0.1) is 16.2 Å². The first-order valence-corrected chi connectivity index (χ1v) is 5.92. The average Bonchev–Trinajstić information content (AvgIpc) is 2.28. The minimum atomic E-state index is -4.32. The van der Waals surface area contributed by atoms with Crippen LogP contribution in [-0.4, -0.2) is 28.0 Å². The summed E-state index contributed by atoms with van der Waals surface area (Å²) >= 11 is 0.730. The third-order valence-electron chi connectivity index (χ3n) is 2.66. The fraction of sp³-hybridized carbons (Fsp3) is 0.455. The lowest BCUT2D eigenvalue weighted by Crippen LogP contribution is -2.34. The summed E-state index contributed by atoms with van der Waals surface area (Å²) in [5, 5.41) is 23.3. The van der Waals surface area contributed by atoms with Gasteiger partial charge in [0.05, 0.1) is 22.1 Å². The third kappa shape index (κ3) is 3.23. The molecule has 1 unspecified atom stereocenters. The minimum absolute atomic E-state index is 0.0328. The van der Waals surface area contributed by atoms with E-state index in [1.807, 2.05) is 0 Å². The Morgan fingerprint density at radius 3 is 2.50 bits per heavy atom. The van der Waals surface area contributed by atoms with E-state index in [4.69, 9.17) is 15.9 Å². The summed E-state index contributed by atoms with van der Waals surface area (Å²) in [5.74, 6) is 0. The molecule has 0 aromatic heterocycles. The highest BCUT2D eigenvalue weighted by Crippen LogP contribution is 2.44. The Hall–Kier alpha value is -1.08. The molecule has 0 fully saturated rings. The van der Waals surface area contributed by atoms with Gasteiger partial charge in [-0.1, -0.05) is 30.0 Å². The standard InChI is InChI=1S/C11H13F3N2OS/c1-10(11(12,13)14)4-2-7(3-5-10)9(16)18-8(15)6-17/h2-4,15-17H,5-6H2,1H3. The summed E-state index contributed by atoms with van der Waals surface area (Å²) in [6.07, 6.45) is -0.916. The molecule has 3 nitrogen and oxygen atoms in total. The zero-order valence-corrected chi connectivity index (χ0v) is 10.5. The lowest BCUT2D eigenvalue weighted by atomic mass is 9.81. The SMILES string of the molecule is CC1(C(F)(F)F)C=CC(C(=N)SC(=N)CO)=CC1. The van der Waals surface area contributed by atoms with Crippen molar-refractivity contribution < 1.29 is 18.3 Å². The van der Waals surface area contributed by atoms with E-state index >= 15 is 0 Å². The zero-order chi connectivity index (χ0) is 14.0. The van der Waals surface area contributed by atoms with Gasteiger partial charge >= 0.3 is 6.18 Å². The van der Waals surface area contributed by atoms with E-state index in [1.54, 1.807) is 0 Å². The van der Waals surface area contributed by atoms with Gasteiger partial charge in [-0.25, -0.2) is 0 Å². The second kappa shape index (κ2) is 5.27. The number of allylic oxidation sites excluding steroid dienone is 3. The van der Waals surface area contributed by atoms with Crippen LogP contribution in [0.1, 0.15) is 13.3 Å². The van der Waals surface area contributed by atoms with Crippen molar-refractivity contribution in [3.63, 3.8) is 0 Å². The number of aliphatic hydroxyl groups is 1. The molecule has 1 aliphatic rings.